The van der Waals surface area contributed by atoms with Crippen molar-refractivity contribution < 1.29 is 4.42 Å². The number of rotatable bonds is 0. The molecule has 1 aromatic carbocycles. The zero-order valence-corrected chi connectivity index (χ0v) is 8.60. The molecule has 1 aromatic heterocycles. The second kappa shape index (κ2) is 2.63. The van der Waals surface area contributed by atoms with Crippen LogP contribution in [0.5, 0.6) is 0 Å². The minimum atomic E-state index is 0.949. The van der Waals surface area contributed by atoms with Gasteiger partial charge < -0.3 is 4.42 Å². The first-order chi connectivity index (χ1) is 5.68. The van der Waals surface area contributed by atoms with Gasteiger partial charge in [0.15, 0.2) is 0 Å². The van der Waals surface area contributed by atoms with Crippen molar-refractivity contribution in [3.63, 3.8) is 0 Å². The summed E-state index contributed by atoms with van der Waals surface area (Å²) in [5.74, 6) is 0. The maximum absolute atomic E-state index is 5.35. The average Bonchev–Trinajstić information content (AvgIpc) is 2.35. The average molecular weight is 225 g/mol. The molecule has 1 nitrogen and oxygen atoms in total. The highest BCUT2D eigenvalue weighted by Gasteiger charge is 2.03. The van der Waals surface area contributed by atoms with Gasteiger partial charge in [0.1, 0.15) is 5.58 Å². The lowest BCUT2D eigenvalue weighted by Crippen LogP contribution is -1.75. The summed E-state index contributed by atoms with van der Waals surface area (Å²) in [4.78, 5) is 0. The van der Waals surface area contributed by atoms with E-state index in [-0.39, 0.29) is 0 Å². The number of hydrogen-bond donors (Lipinski definition) is 0. The van der Waals surface area contributed by atoms with Crippen molar-refractivity contribution in [3.8, 4) is 0 Å². The molecule has 0 unspecified atom stereocenters. The van der Waals surface area contributed by atoms with Gasteiger partial charge in [-0.3, -0.25) is 0 Å². The van der Waals surface area contributed by atoms with E-state index in [0.29, 0.717) is 0 Å². The molecule has 0 saturated carbocycles. The molecule has 12 heavy (non-hydrogen) atoms. The van der Waals surface area contributed by atoms with Crippen LogP contribution in [0.25, 0.3) is 11.0 Å². The molecule has 0 N–H and O–H groups in total. The lowest BCUT2D eigenvalue weighted by Gasteiger charge is -1.96. The molecular weight excluding hydrogens is 216 g/mol. The third-order valence-corrected chi connectivity index (χ3v) is 2.90. The highest BCUT2D eigenvalue weighted by molar-refractivity contribution is 9.10. The third kappa shape index (κ3) is 1.07. The molecule has 0 spiro atoms. The van der Waals surface area contributed by atoms with E-state index in [1.165, 1.54) is 16.5 Å². The summed E-state index contributed by atoms with van der Waals surface area (Å²) in [6.45, 7) is 4.13. The fourth-order valence-corrected chi connectivity index (χ4v) is 1.61. The van der Waals surface area contributed by atoms with Crippen LogP contribution in [0.1, 0.15) is 11.1 Å². The summed E-state index contributed by atoms with van der Waals surface area (Å²) >= 11 is 3.47. The predicted octanol–water partition coefficient (Wildman–Crippen LogP) is 3.81. The van der Waals surface area contributed by atoms with Crippen LogP contribution in [0, 0.1) is 13.8 Å². The van der Waals surface area contributed by atoms with Gasteiger partial charge in [0, 0.05) is 9.86 Å². The molecule has 0 aliphatic carbocycles. The largest absolute Gasteiger partial charge is 0.464 e. The lowest BCUT2D eigenvalue weighted by atomic mass is 10.1. The Labute approximate surface area is 79.5 Å². The maximum atomic E-state index is 5.35. The molecule has 0 atom stereocenters. The van der Waals surface area contributed by atoms with E-state index in [2.05, 4.69) is 35.8 Å². The molecule has 0 fully saturated rings. The standard InChI is InChI=1S/C10H9BrO/c1-6-3-8-7(2)5-12-10(8)4-9(6)11/h3-5H,1-2H3. The fourth-order valence-electron chi connectivity index (χ4n) is 1.28. The van der Waals surface area contributed by atoms with Gasteiger partial charge in [-0.2, -0.15) is 0 Å². The molecule has 0 amide bonds. The minimum absolute atomic E-state index is 0.949. The van der Waals surface area contributed by atoms with E-state index >= 15 is 0 Å². The van der Waals surface area contributed by atoms with Gasteiger partial charge in [0.25, 0.3) is 0 Å². The number of furan rings is 1. The van der Waals surface area contributed by atoms with Crippen LogP contribution >= 0.6 is 15.9 Å². The zero-order chi connectivity index (χ0) is 8.72. The maximum Gasteiger partial charge on any atom is 0.135 e. The van der Waals surface area contributed by atoms with Gasteiger partial charge in [-0.25, -0.2) is 0 Å². The molecule has 0 aliphatic heterocycles. The summed E-state index contributed by atoms with van der Waals surface area (Å²) in [6, 6.07) is 4.15. The molecule has 0 saturated heterocycles. The van der Waals surface area contributed by atoms with E-state index in [4.69, 9.17) is 4.42 Å². The molecular formula is C10H9BrO. The van der Waals surface area contributed by atoms with Crippen LogP contribution in [0.15, 0.2) is 27.3 Å². The quantitative estimate of drug-likeness (QED) is 0.664. The molecule has 0 aliphatic rings. The van der Waals surface area contributed by atoms with Crippen molar-refractivity contribution in [2.75, 3.05) is 0 Å². The summed E-state index contributed by atoms with van der Waals surface area (Å²) in [5.41, 5.74) is 3.39. The van der Waals surface area contributed by atoms with Gasteiger partial charge in [0.2, 0.25) is 0 Å². The summed E-state index contributed by atoms with van der Waals surface area (Å²) < 4.78 is 6.46. The van der Waals surface area contributed by atoms with Crippen molar-refractivity contribution >= 4 is 26.9 Å². The Bertz CT molecular complexity index is 429. The van der Waals surface area contributed by atoms with Crippen LogP contribution < -0.4 is 0 Å². The van der Waals surface area contributed by atoms with E-state index in [1.807, 2.05) is 6.07 Å². The Morgan fingerprint density at radius 2 is 1.92 bits per heavy atom. The van der Waals surface area contributed by atoms with Crippen LogP contribution in [-0.2, 0) is 0 Å². The highest BCUT2D eigenvalue weighted by Crippen LogP contribution is 2.26. The number of halogens is 1. The Balaban J connectivity index is 2.87. The number of fused-ring (bicyclic) bond motifs is 1. The first kappa shape index (κ1) is 7.87. The predicted molar refractivity (Wildman–Crippen MR) is 53.4 cm³/mol. The van der Waals surface area contributed by atoms with Crippen molar-refractivity contribution in [1.29, 1.82) is 0 Å². The number of hydrogen-bond acceptors (Lipinski definition) is 1. The van der Waals surface area contributed by atoms with Crippen molar-refractivity contribution in [2.45, 2.75) is 13.8 Å². The van der Waals surface area contributed by atoms with Crippen molar-refractivity contribution in [1.82, 2.24) is 0 Å². The first-order valence-corrected chi connectivity index (χ1v) is 4.62. The van der Waals surface area contributed by atoms with Crippen LogP contribution in [0.2, 0.25) is 0 Å². The lowest BCUT2D eigenvalue weighted by molar-refractivity contribution is 0.613. The number of aryl methyl sites for hydroxylation is 2. The Morgan fingerprint density at radius 1 is 1.17 bits per heavy atom. The summed E-state index contributed by atoms with van der Waals surface area (Å²) in [5, 5.41) is 1.20. The van der Waals surface area contributed by atoms with Crippen molar-refractivity contribution in [2.24, 2.45) is 0 Å². The van der Waals surface area contributed by atoms with Crippen LogP contribution in [-0.4, -0.2) is 0 Å². The van der Waals surface area contributed by atoms with E-state index in [0.717, 1.165) is 10.1 Å². The Morgan fingerprint density at radius 3 is 2.67 bits per heavy atom. The molecule has 2 heteroatoms. The molecule has 2 rings (SSSR count). The summed E-state index contributed by atoms with van der Waals surface area (Å²) in [6.07, 6.45) is 1.79. The molecule has 0 radical (unpaired) electrons. The van der Waals surface area contributed by atoms with Gasteiger partial charge >= 0.3 is 0 Å². The topological polar surface area (TPSA) is 13.1 Å². The number of benzene rings is 1. The smallest absolute Gasteiger partial charge is 0.135 e. The summed E-state index contributed by atoms with van der Waals surface area (Å²) in [7, 11) is 0. The highest BCUT2D eigenvalue weighted by atomic mass is 79.9. The molecule has 62 valence electrons. The third-order valence-electron chi connectivity index (χ3n) is 2.05. The van der Waals surface area contributed by atoms with E-state index < -0.39 is 0 Å². The van der Waals surface area contributed by atoms with Gasteiger partial charge in [-0.15, -0.1) is 0 Å². The van der Waals surface area contributed by atoms with Crippen molar-refractivity contribution in [3.05, 3.63) is 34.0 Å². The monoisotopic (exact) mass is 224 g/mol. The first-order valence-electron chi connectivity index (χ1n) is 3.82. The fraction of sp³-hybridized carbons (Fsp3) is 0.200. The minimum Gasteiger partial charge on any atom is -0.464 e. The SMILES string of the molecule is Cc1cc2c(C)coc2cc1Br. The molecule has 2 aromatic rings. The van der Waals surface area contributed by atoms with E-state index in [9.17, 15) is 0 Å². The molecule has 0 bridgehead atoms. The normalized spacial score (nSPS) is 10.9. The zero-order valence-electron chi connectivity index (χ0n) is 7.02. The van der Waals surface area contributed by atoms with Gasteiger partial charge in [0.05, 0.1) is 6.26 Å². The Kier molecular flexibility index (Phi) is 1.72. The van der Waals surface area contributed by atoms with Crippen LogP contribution in [0.4, 0.5) is 0 Å². The van der Waals surface area contributed by atoms with Crippen LogP contribution in [0.3, 0.4) is 0 Å². The van der Waals surface area contributed by atoms with Gasteiger partial charge in [-0.1, -0.05) is 15.9 Å². The Hall–Kier alpha value is -0.760. The second-order valence-electron chi connectivity index (χ2n) is 3.02. The second-order valence-corrected chi connectivity index (χ2v) is 3.87. The molecule has 1 heterocycles. The van der Waals surface area contributed by atoms with Gasteiger partial charge in [-0.05, 0) is 37.1 Å². The van der Waals surface area contributed by atoms with E-state index in [1.54, 1.807) is 6.26 Å².